The highest BCUT2D eigenvalue weighted by atomic mass is 16.5. The summed E-state index contributed by atoms with van der Waals surface area (Å²) in [6.07, 6.45) is 1.62. The summed E-state index contributed by atoms with van der Waals surface area (Å²) in [7, 11) is 3.70. The number of piperazine rings is 1. The summed E-state index contributed by atoms with van der Waals surface area (Å²) in [4.78, 5) is 28.8. The standard InChI is InChI=1S/C23H30N4O3/c1-26-13-15-27(16-14-26)20-10-8-18(9-11-20)5-4-12-24-22(28)23(29)25-19-6-3-7-21(17-19)30-2/h3,6-11,17H,4-5,12-16H2,1-2H3,(H,24,28)(H,25,29). The third kappa shape index (κ3) is 6.22. The fourth-order valence-corrected chi connectivity index (χ4v) is 3.40. The highest BCUT2D eigenvalue weighted by Crippen LogP contribution is 2.18. The summed E-state index contributed by atoms with van der Waals surface area (Å²) in [6.45, 7) is 4.74. The van der Waals surface area contributed by atoms with Crippen LogP contribution in [0.2, 0.25) is 0 Å². The molecule has 0 spiro atoms. The average Bonchev–Trinajstić information content (AvgIpc) is 2.77. The lowest BCUT2D eigenvalue weighted by atomic mass is 10.1. The van der Waals surface area contributed by atoms with Crippen LogP contribution in [-0.4, -0.2) is 63.6 Å². The van der Waals surface area contributed by atoms with Crippen LogP contribution in [0.3, 0.4) is 0 Å². The van der Waals surface area contributed by atoms with Crippen LogP contribution in [-0.2, 0) is 16.0 Å². The van der Waals surface area contributed by atoms with Crippen LogP contribution in [0.15, 0.2) is 48.5 Å². The normalized spacial score (nSPS) is 14.3. The second-order valence-electron chi connectivity index (χ2n) is 7.50. The van der Waals surface area contributed by atoms with Gasteiger partial charge < -0.3 is 25.2 Å². The van der Waals surface area contributed by atoms with Crippen molar-refractivity contribution in [3.63, 3.8) is 0 Å². The minimum atomic E-state index is -0.681. The van der Waals surface area contributed by atoms with Gasteiger partial charge in [-0.2, -0.15) is 0 Å². The number of carbonyl (C=O) groups is 2. The van der Waals surface area contributed by atoms with Gasteiger partial charge in [-0.25, -0.2) is 0 Å². The molecule has 1 fully saturated rings. The second-order valence-corrected chi connectivity index (χ2v) is 7.50. The molecule has 0 unspecified atom stereocenters. The maximum Gasteiger partial charge on any atom is 0.313 e. The number of carbonyl (C=O) groups excluding carboxylic acids is 2. The van der Waals surface area contributed by atoms with E-state index in [0.29, 0.717) is 18.0 Å². The van der Waals surface area contributed by atoms with E-state index in [1.807, 2.05) is 0 Å². The van der Waals surface area contributed by atoms with E-state index >= 15 is 0 Å². The number of amides is 2. The lowest BCUT2D eigenvalue weighted by Crippen LogP contribution is -2.44. The summed E-state index contributed by atoms with van der Waals surface area (Å²) in [6, 6.07) is 15.5. The molecule has 7 heteroatoms. The highest BCUT2D eigenvalue weighted by Gasteiger charge is 2.15. The van der Waals surface area contributed by atoms with Gasteiger partial charge in [0.15, 0.2) is 0 Å². The zero-order valence-electron chi connectivity index (χ0n) is 17.7. The number of benzene rings is 2. The molecule has 1 saturated heterocycles. The number of anilines is 2. The van der Waals surface area contributed by atoms with Gasteiger partial charge in [0.1, 0.15) is 5.75 Å². The molecule has 2 amide bonds. The van der Waals surface area contributed by atoms with Crippen molar-refractivity contribution in [2.45, 2.75) is 12.8 Å². The fourth-order valence-electron chi connectivity index (χ4n) is 3.40. The van der Waals surface area contributed by atoms with Crippen molar-refractivity contribution < 1.29 is 14.3 Å². The maximum absolute atomic E-state index is 12.0. The molecule has 0 bridgehead atoms. The van der Waals surface area contributed by atoms with Crippen LogP contribution in [0, 0.1) is 0 Å². The number of rotatable bonds is 7. The predicted molar refractivity (Wildman–Crippen MR) is 119 cm³/mol. The number of ether oxygens (including phenoxy) is 1. The molecule has 0 saturated carbocycles. The van der Waals surface area contributed by atoms with Gasteiger partial charge in [0, 0.05) is 50.2 Å². The Morgan fingerprint density at radius 1 is 1.00 bits per heavy atom. The number of likely N-dealkylation sites (N-methyl/N-ethyl adjacent to an activating group) is 1. The molecule has 3 rings (SSSR count). The molecule has 30 heavy (non-hydrogen) atoms. The first-order valence-electron chi connectivity index (χ1n) is 10.3. The van der Waals surface area contributed by atoms with E-state index in [1.54, 1.807) is 31.4 Å². The number of methoxy groups -OCH3 is 1. The van der Waals surface area contributed by atoms with Gasteiger partial charge in [-0.1, -0.05) is 18.2 Å². The van der Waals surface area contributed by atoms with Crippen LogP contribution < -0.4 is 20.3 Å². The Balaban J connectivity index is 1.37. The van der Waals surface area contributed by atoms with Crippen molar-refractivity contribution >= 4 is 23.2 Å². The molecule has 1 heterocycles. The van der Waals surface area contributed by atoms with E-state index in [0.717, 1.165) is 39.0 Å². The lowest BCUT2D eigenvalue weighted by Gasteiger charge is -2.34. The van der Waals surface area contributed by atoms with Crippen LogP contribution in [0.4, 0.5) is 11.4 Å². The molecule has 0 atom stereocenters. The van der Waals surface area contributed by atoms with E-state index in [1.165, 1.54) is 11.3 Å². The number of nitrogens with zero attached hydrogens (tertiary/aromatic N) is 2. The average molecular weight is 411 g/mol. The molecule has 0 aromatic heterocycles. The van der Waals surface area contributed by atoms with Gasteiger partial charge in [0.05, 0.1) is 7.11 Å². The number of hydrogen-bond donors (Lipinski definition) is 2. The van der Waals surface area contributed by atoms with E-state index < -0.39 is 11.8 Å². The van der Waals surface area contributed by atoms with Gasteiger partial charge >= 0.3 is 11.8 Å². The molecule has 0 aliphatic carbocycles. The topological polar surface area (TPSA) is 73.9 Å². The monoisotopic (exact) mass is 410 g/mol. The Morgan fingerprint density at radius 3 is 2.43 bits per heavy atom. The largest absolute Gasteiger partial charge is 0.497 e. The first kappa shape index (κ1) is 21.6. The Bertz CT molecular complexity index is 846. The molecular weight excluding hydrogens is 380 g/mol. The zero-order valence-corrected chi connectivity index (χ0v) is 17.7. The summed E-state index contributed by atoms with van der Waals surface area (Å²) < 4.78 is 5.11. The van der Waals surface area contributed by atoms with Crippen molar-refractivity contribution in [3.05, 3.63) is 54.1 Å². The van der Waals surface area contributed by atoms with Crippen molar-refractivity contribution in [2.24, 2.45) is 0 Å². The van der Waals surface area contributed by atoms with Crippen LogP contribution in [0.5, 0.6) is 5.75 Å². The third-order valence-electron chi connectivity index (χ3n) is 5.27. The summed E-state index contributed by atoms with van der Waals surface area (Å²) >= 11 is 0. The Labute approximate surface area is 178 Å². The minimum absolute atomic E-state index is 0.449. The quantitative estimate of drug-likeness (QED) is 0.540. The second kappa shape index (κ2) is 10.6. The minimum Gasteiger partial charge on any atom is -0.497 e. The van der Waals surface area contributed by atoms with Crippen molar-refractivity contribution in [2.75, 3.05) is 57.1 Å². The predicted octanol–water partition coefficient (Wildman–Crippen LogP) is 2.13. The van der Waals surface area contributed by atoms with E-state index in [-0.39, 0.29) is 0 Å². The van der Waals surface area contributed by atoms with Crippen LogP contribution in [0.25, 0.3) is 0 Å². The number of hydrogen-bond acceptors (Lipinski definition) is 5. The molecule has 0 radical (unpaired) electrons. The molecule has 7 nitrogen and oxygen atoms in total. The van der Waals surface area contributed by atoms with E-state index in [4.69, 9.17) is 4.74 Å². The van der Waals surface area contributed by atoms with Crippen LogP contribution in [0.1, 0.15) is 12.0 Å². The van der Waals surface area contributed by atoms with Gasteiger partial charge in [-0.15, -0.1) is 0 Å². The molecule has 2 N–H and O–H groups in total. The molecule has 1 aliphatic heterocycles. The Kier molecular flexibility index (Phi) is 7.68. The van der Waals surface area contributed by atoms with Gasteiger partial charge in [0.2, 0.25) is 0 Å². The van der Waals surface area contributed by atoms with Gasteiger partial charge in [0.25, 0.3) is 0 Å². The van der Waals surface area contributed by atoms with Crippen molar-refractivity contribution in [3.8, 4) is 5.75 Å². The Hall–Kier alpha value is -3.06. The van der Waals surface area contributed by atoms with Crippen molar-refractivity contribution in [1.29, 1.82) is 0 Å². The molecule has 2 aromatic carbocycles. The molecular formula is C23H30N4O3. The fraction of sp³-hybridized carbons (Fsp3) is 0.391. The van der Waals surface area contributed by atoms with E-state index in [9.17, 15) is 9.59 Å². The van der Waals surface area contributed by atoms with Crippen molar-refractivity contribution in [1.82, 2.24) is 10.2 Å². The highest BCUT2D eigenvalue weighted by molar-refractivity contribution is 6.39. The number of nitrogens with one attached hydrogen (secondary N) is 2. The van der Waals surface area contributed by atoms with Gasteiger partial charge in [-0.3, -0.25) is 9.59 Å². The lowest BCUT2D eigenvalue weighted by molar-refractivity contribution is -0.136. The van der Waals surface area contributed by atoms with Gasteiger partial charge in [-0.05, 0) is 49.7 Å². The first-order chi connectivity index (χ1) is 14.5. The van der Waals surface area contributed by atoms with E-state index in [2.05, 4.69) is 51.7 Å². The zero-order chi connectivity index (χ0) is 21.3. The summed E-state index contributed by atoms with van der Waals surface area (Å²) in [5.41, 5.74) is 3.01. The third-order valence-corrected chi connectivity index (χ3v) is 5.27. The van der Waals surface area contributed by atoms with Crippen LogP contribution >= 0.6 is 0 Å². The SMILES string of the molecule is COc1cccc(NC(=O)C(=O)NCCCc2ccc(N3CCN(C)CC3)cc2)c1. The summed E-state index contributed by atoms with van der Waals surface area (Å²) in [5, 5.41) is 5.25. The molecule has 1 aliphatic rings. The smallest absolute Gasteiger partial charge is 0.313 e. The summed E-state index contributed by atoms with van der Waals surface area (Å²) in [5.74, 6) is -0.699. The molecule has 2 aromatic rings. The maximum atomic E-state index is 12.0. The molecule has 160 valence electrons. The number of aryl methyl sites for hydroxylation is 1. The first-order valence-corrected chi connectivity index (χ1v) is 10.3. The Morgan fingerprint density at radius 2 is 1.73 bits per heavy atom.